The molecule has 31 heavy (non-hydrogen) atoms. The van der Waals surface area contributed by atoms with E-state index in [0.717, 1.165) is 42.4 Å². The highest BCUT2D eigenvalue weighted by Crippen LogP contribution is 2.20. The van der Waals surface area contributed by atoms with Crippen molar-refractivity contribution in [1.82, 2.24) is 10.2 Å². The summed E-state index contributed by atoms with van der Waals surface area (Å²) >= 11 is 6.04. The number of carbonyl (C=O) groups excluding carboxylic acids is 2. The molecular weight excluding hydrogens is 408 g/mol. The molecule has 2 aromatic rings. The second-order valence-electron chi connectivity index (χ2n) is 8.52. The first kappa shape index (κ1) is 23.3. The Morgan fingerprint density at radius 3 is 2.39 bits per heavy atom. The van der Waals surface area contributed by atoms with Gasteiger partial charge in [0.2, 0.25) is 11.8 Å². The van der Waals surface area contributed by atoms with Gasteiger partial charge in [-0.1, -0.05) is 74.2 Å². The Morgan fingerprint density at radius 2 is 1.74 bits per heavy atom. The van der Waals surface area contributed by atoms with Gasteiger partial charge in [0.05, 0.1) is 6.42 Å². The molecule has 0 spiro atoms. The molecular formula is C26H33ClN2O2. The summed E-state index contributed by atoms with van der Waals surface area (Å²) in [6.07, 6.45) is 6.46. The van der Waals surface area contributed by atoms with E-state index in [4.69, 9.17) is 11.6 Å². The van der Waals surface area contributed by atoms with Crippen LogP contribution in [0.1, 0.15) is 62.1 Å². The predicted octanol–water partition coefficient (Wildman–Crippen LogP) is 5.45. The largest absolute Gasteiger partial charge is 0.352 e. The zero-order valence-electron chi connectivity index (χ0n) is 18.6. The zero-order chi connectivity index (χ0) is 22.2. The van der Waals surface area contributed by atoms with Gasteiger partial charge < -0.3 is 10.2 Å². The fourth-order valence-electron chi connectivity index (χ4n) is 4.32. The Labute approximate surface area is 191 Å². The third-order valence-corrected chi connectivity index (χ3v) is 6.46. The first-order valence-corrected chi connectivity index (χ1v) is 11.7. The van der Waals surface area contributed by atoms with Crippen LogP contribution in [0.4, 0.5) is 0 Å². The van der Waals surface area contributed by atoms with Crippen LogP contribution in [0, 0.1) is 6.92 Å². The molecule has 0 radical (unpaired) electrons. The lowest BCUT2D eigenvalue weighted by atomic mass is 9.95. The molecule has 166 valence electrons. The van der Waals surface area contributed by atoms with Gasteiger partial charge in [0.25, 0.3) is 0 Å². The monoisotopic (exact) mass is 440 g/mol. The van der Waals surface area contributed by atoms with Crippen molar-refractivity contribution in [3.8, 4) is 0 Å². The van der Waals surface area contributed by atoms with E-state index >= 15 is 0 Å². The molecule has 4 nitrogen and oxygen atoms in total. The Morgan fingerprint density at radius 1 is 1.06 bits per heavy atom. The number of halogens is 1. The van der Waals surface area contributed by atoms with Gasteiger partial charge in [0, 0.05) is 17.6 Å². The standard InChI is InChI=1S/C26H33ClN2O2/c1-3-24(26(31)28-23-11-5-4-6-12-23)29(18-20-13-15-22(27)16-14-20)25(30)17-21-10-8-7-9-19(21)2/h7-10,13-16,23-24H,3-6,11-12,17-18H2,1-2H3,(H,28,31)/t24-/m1/s1. The minimum atomic E-state index is -0.492. The van der Waals surface area contributed by atoms with E-state index in [1.165, 1.54) is 6.42 Å². The van der Waals surface area contributed by atoms with Crippen molar-refractivity contribution < 1.29 is 9.59 Å². The molecule has 1 N–H and O–H groups in total. The number of carbonyl (C=O) groups is 2. The van der Waals surface area contributed by atoms with E-state index in [1.807, 2.05) is 62.4 Å². The quantitative estimate of drug-likeness (QED) is 0.593. The zero-order valence-corrected chi connectivity index (χ0v) is 19.3. The molecule has 1 atom stereocenters. The molecule has 5 heteroatoms. The van der Waals surface area contributed by atoms with Crippen LogP contribution < -0.4 is 5.32 Å². The number of amides is 2. The third kappa shape index (κ3) is 6.57. The molecule has 2 amide bonds. The number of aryl methyl sites for hydroxylation is 1. The summed E-state index contributed by atoms with van der Waals surface area (Å²) in [5, 5.41) is 3.88. The van der Waals surface area contributed by atoms with Gasteiger partial charge >= 0.3 is 0 Å². The fraction of sp³-hybridized carbons (Fsp3) is 0.462. The molecule has 1 aliphatic rings. The lowest BCUT2D eigenvalue weighted by Gasteiger charge is -2.33. The maximum absolute atomic E-state index is 13.5. The molecule has 0 saturated heterocycles. The molecule has 1 aliphatic carbocycles. The van der Waals surface area contributed by atoms with Gasteiger partial charge in [0.1, 0.15) is 6.04 Å². The van der Waals surface area contributed by atoms with Gasteiger partial charge in [-0.05, 0) is 55.0 Å². The summed E-state index contributed by atoms with van der Waals surface area (Å²) in [6.45, 7) is 4.37. The SMILES string of the molecule is CC[C@H](C(=O)NC1CCCCC1)N(Cc1ccc(Cl)cc1)C(=O)Cc1ccccc1C. The fourth-order valence-corrected chi connectivity index (χ4v) is 4.45. The van der Waals surface area contributed by atoms with Crippen LogP contribution in [0.15, 0.2) is 48.5 Å². The van der Waals surface area contributed by atoms with Crippen molar-refractivity contribution >= 4 is 23.4 Å². The van der Waals surface area contributed by atoms with Crippen molar-refractivity contribution in [2.24, 2.45) is 0 Å². The normalized spacial score (nSPS) is 15.3. The van der Waals surface area contributed by atoms with Gasteiger partial charge in [-0.25, -0.2) is 0 Å². The number of nitrogens with zero attached hydrogens (tertiary/aromatic N) is 1. The maximum Gasteiger partial charge on any atom is 0.243 e. The topological polar surface area (TPSA) is 49.4 Å². The Kier molecular flexibility index (Phi) is 8.53. The first-order chi connectivity index (χ1) is 15.0. The molecule has 3 rings (SSSR count). The van der Waals surface area contributed by atoms with Gasteiger partial charge in [0.15, 0.2) is 0 Å². The number of hydrogen-bond acceptors (Lipinski definition) is 2. The van der Waals surface area contributed by atoms with Gasteiger partial charge in [-0.3, -0.25) is 9.59 Å². The minimum absolute atomic E-state index is 0.0325. The van der Waals surface area contributed by atoms with Crippen LogP contribution in [0.25, 0.3) is 0 Å². The second kappa shape index (κ2) is 11.3. The highest BCUT2D eigenvalue weighted by molar-refractivity contribution is 6.30. The van der Waals surface area contributed by atoms with E-state index < -0.39 is 6.04 Å². The highest BCUT2D eigenvalue weighted by atomic mass is 35.5. The van der Waals surface area contributed by atoms with E-state index in [2.05, 4.69) is 5.32 Å². The summed E-state index contributed by atoms with van der Waals surface area (Å²) in [6, 6.07) is 15.1. The molecule has 0 aromatic heterocycles. The second-order valence-corrected chi connectivity index (χ2v) is 8.96. The average molecular weight is 441 g/mol. The molecule has 1 fully saturated rings. The van der Waals surface area contributed by atoms with Gasteiger partial charge in [-0.15, -0.1) is 0 Å². The van der Waals surface area contributed by atoms with Crippen molar-refractivity contribution in [2.45, 2.75) is 77.4 Å². The minimum Gasteiger partial charge on any atom is -0.352 e. The maximum atomic E-state index is 13.5. The summed E-state index contributed by atoms with van der Waals surface area (Å²) in [7, 11) is 0. The lowest BCUT2D eigenvalue weighted by molar-refractivity contribution is -0.141. The molecule has 2 aromatic carbocycles. The molecule has 0 unspecified atom stereocenters. The molecule has 0 heterocycles. The molecule has 0 bridgehead atoms. The average Bonchev–Trinajstić information content (AvgIpc) is 2.77. The summed E-state index contributed by atoms with van der Waals surface area (Å²) in [5.74, 6) is -0.0728. The predicted molar refractivity (Wildman–Crippen MR) is 126 cm³/mol. The van der Waals surface area contributed by atoms with E-state index in [0.29, 0.717) is 18.0 Å². The number of nitrogens with one attached hydrogen (secondary N) is 1. The Bertz CT molecular complexity index is 875. The lowest BCUT2D eigenvalue weighted by Crippen LogP contribution is -2.52. The number of hydrogen-bond donors (Lipinski definition) is 1. The van der Waals surface area contributed by atoms with Crippen LogP contribution in [-0.2, 0) is 22.6 Å². The van der Waals surface area contributed by atoms with Crippen LogP contribution in [-0.4, -0.2) is 28.8 Å². The number of rotatable bonds is 8. The Balaban J connectivity index is 1.81. The molecule has 0 aliphatic heterocycles. The van der Waals surface area contributed by atoms with E-state index in [-0.39, 0.29) is 24.3 Å². The first-order valence-electron chi connectivity index (χ1n) is 11.4. The highest BCUT2D eigenvalue weighted by Gasteiger charge is 2.30. The van der Waals surface area contributed by atoms with Gasteiger partial charge in [-0.2, -0.15) is 0 Å². The van der Waals surface area contributed by atoms with E-state index in [1.54, 1.807) is 4.90 Å². The van der Waals surface area contributed by atoms with Crippen LogP contribution in [0.5, 0.6) is 0 Å². The van der Waals surface area contributed by atoms with Crippen molar-refractivity contribution in [3.63, 3.8) is 0 Å². The van der Waals surface area contributed by atoms with Crippen molar-refractivity contribution in [1.29, 1.82) is 0 Å². The number of benzene rings is 2. The van der Waals surface area contributed by atoms with E-state index in [9.17, 15) is 9.59 Å². The van der Waals surface area contributed by atoms with Crippen molar-refractivity contribution in [2.75, 3.05) is 0 Å². The third-order valence-electron chi connectivity index (χ3n) is 6.21. The summed E-state index contributed by atoms with van der Waals surface area (Å²) < 4.78 is 0. The molecule has 1 saturated carbocycles. The smallest absolute Gasteiger partial charge is 0.243 e. The Hall–Kier alpha value is -2.33. The summed E-state index contributed by atoms with van der Waals surface area (Å²) in [5.41, 5.74) is 3.05. The van der Waals surface area contributed by atoms with Crippen molar-refractivity contribution in [3.05, 3.63) is 70.2 Å². The van der Waals surface area contributed by atoms with Crippen LogP contribution >= 0.6 is 11.6 Å². The van der Waals surface area contributed by atoms with Crippen LogP contribution in [0.2, 0.25) is 5.02 Å². The summed E-state index contributed by atoms with van der Waals surface area (Å²) in [4.78, 5) is 28.4. The van der Waals surface area contributed by atoms with Crippen LogP contribution in [0.3, 0.4) is 0 Å².